The van der Waals surface area contributed by atoms with Gasteiger partial charge in [0.2, 0.25) is 0 Å². The molecule has 3 nitrogen and oxygen atoms in total. The monoisotopic (exact) mass is 284 g/mol. The third-order valence-electron chi connectivity index (χ3n) is 3.71. The Morgan fingerprint density at radius 1 is 1.14 bits per heavy atom. The van der Waals surface area contributed by atoms with Gasteiger partial charge < -0.3 is 9.88 Å². The van der Waals surface area contributed by atoms with Crippen molar-refractivity contribution in [1.29, 1.82) is 0 Å². The van der Waals surface area contributed by atoms with Crippen LogP contribution in [0.25, 0.3) is 0 Å². The summed E-state index contributed by atoms with van der Waals surface area (Å²) in [4.78, 5) is 12.2. The molecule has 2 rings (SSSR count). The summed E-state index contributed by atoms with van der Waals surface area (Å²) in [7, 11) is 0. The zero-order valence-corrected chi connectivity index (χ0v) is 13.1. The van der Waals surface area contributed by atoms with Crippen molar-refractivity contribution in [3.8, 4) is 0 Å². The fourth-order valence-corrected chi connectivity index (χ4v) is 2.40. The number of nitrogens with one attached hydrogen (secondary N) is 1. The van der Waals surface area contributed by atoms with Crippen molar-refractivity contribution in [2.24, 2.45) is 0 Å². The van der Waals surface area contributed by atoms with Gasteiger partial charge in [-0.2, -0.15) is 0 Å². The lowest BCUT2D eigenvalue weighted by Crippen LogP contribution is -2.31. The topological polar surface area (TPSA) is 34.0 Å². The maximum absolute atomic E-state index is 12.2. The predicted molar refractivity (Wildman–Crippen MR) is 87.7 cm³/mol. The molecule has 1 heterocycles. The molecular formula is C18H24N2O. The molecule has 1 N–H and O–H groups in total. The lowest BCUT2D eigenvalue weighted by molar-refractivity contribution is 0.455. The first-order valence-electron chi connectivity index (χ1n) is 7.58. The van der Waals surface area contributed by atoms with Gasteiger partial charge in [-0.1, -0.05) is 42.8 Å². The van der Waals surface area contributed by atoms with E-state index >= 15 is 0 Å². The van der Waals surface area contributed by atoms with E-state index in [1.165, 1.54) is 11.1 Å². The number of pyridine rings is 1. The minimum absolute atomic E-state index is 0.0907. The molecule has 1 aromatic carbocycles. The van der Waals surface area contributed by atoms with Gasteiger partial charge in [0.15, 0.2) is 0 Å². The van der Waals surface area contributed by atoms with Crippen LogP contribution in [0.1, 0.15) is 36.1 Å². The highest BCUT2D eigenvalue weighted by Crippen LogP contribution is 2.15. The Balaban J connectivity index is 2.26. The van der Waals surface area contributed by atoms with E-state index < -0.39 is 0 Å². The summed E-state index contributed by atoms with van der Waals surface area (Å²) in [5, 5.41) is 3.54. The van der Waals surface area contributed by atoms with E-state index in [4.69, 9.17) is 0 Å². The van der Waals surface area contributed by atoms with Gasteiger partial charge in [-0.25, -0.2) is 0 Å². The first-order valence-corrected chi connectivity index (χ1v) is 7.58. The Hall–Kier alpha value is -1.87. The van der Waals surface area contributed by atoms with Gasteiger partial charge in [0.25, 0.3) is 5.56 Å². The highest BCUT2D eigenvalue weighted by atomic mass is 16.1. The lowest BCUT2D eigenvalue weighted by Gasteiger charge is -2.20. The van der Waals surface area contributed by atoms with Crippen LogP contribution in [0.4, 0.5) is 0 Å². The van der Waals surface area contributed by atoms with E-state index in [0.717, 1.165) is 18.5 Å². The Morgan fingerprint density at radius 3 is 2.52 bits per heavy atom. The second-order valence-electron chi connectivity index (χ2n) is 5.57. The van der Waals surface area contributed by atoms with Crippen molar-refractivity contribution in [2.75, 3.05) is 6.54 Å². The van der Waals surface area contributed by atoms with Crippen molar-refractivity contribution in [2.45, 2.75) is 39.8 Å². The largest absolute Gasteiger partial charge is 0.313 e. The molecule has 2 aromatic rings. The van der Waals surface area contributed by atoms with Gasteiger partial charge in [-0.15, -0.1) is 0 Å². The third-order valence-corrected chi connectivity index (χ3v) is 3.71. The summed E-state index contributed by atoms with van der Waals surface area (Å²) in [6, 6.07) is 12.5. The molecule has 1 atom stereocenters. The number of aromatic nitrogens is 1. The standard InChI is InChI=1S/C18H24N2O/c1-4-11-19-17(16-9-7-14(2)8-10-16)13-20-12-5-6-15(3)18(20)21/h5-10,12,17,19H,4,11,13H2,1-3H3. The van der Waals surface area contributed by atoms with Gasteiger partial charge in [-0.3, -0.25) is 4.79 Å². The maximum Gasteiger partial charge on any atom is 0.253 e. The van der Waals surface area contributed by atoms with Crippen LogP contribution in [-0.2, 0) is 6.54 Å². The van der Waals surface area contributed by atoms with Crippen molar-refractivity contribution in [3.05, 3.63) is 69.6 Å². The Morgan fingerprint density at radius 2 is 1.86 bits per heavy atom. The van der Waals surface area contributed by atoms with Crippen LogP contribution < -0.4 is 10.9 Å². The van der Waals surface area contributed by atoms with Gasteiger partial charge in [0, 0.05) is 18.3 Å². The smallest absolute Gasteiger partial charge is 0.253 e. The molecule has 0 aliphatic rings. The summed E-state index contributed by atoms with van der Waals surface area (Å²) in [5.41, 5.74) is 3.35. The summed E-state index contributed by atoms with van der Waals surface area (Å²) >= 11 is 0. The summed E-state index contributed by atoms with van der Waals surface area (Å²) in [6.07, 6.45) is 2.94. The lowest BCUT2D eigenvalue weighted by atomic mass is 10.0. The zero-order chi connectivity index (χ0) is 15.2. The summed E-state index contributed by atoms with van der Waals surface area (Å²) < 4.78 is 1.79. The number of aryl methyl sites for hydroxylation is 2. The molecule has 0 aliphatic heterocycles. The molecule has 0 radical (unpaired) electrons. The van der Waals surface area contributed by atoms with Gasteiger partial charge in [-0.05, 0) is 38.4 Å². The van der Waals surface area contributed by atoms with Crippen molar-refractivity contribution >= 4 is 0 Å². The Kier molecular flexibility index (Phi) is 5.34. The molecule has 3 heteroatoms. The molecule has 1 unspecified atom stereocenters. The maximum atomic E-state index is 12.2. The van der Waals surface area contributed by atoms with Crippen LogP contribution in [0, 0.1) is 13.8 Å². The van der Waals surface area contributed by atoms with E-state index in [9.17, 15) is 4.79 Å². The van der Waals surface area contributed by atoms with Gasteiger partial charge >= 0.3 is 0 Å². The molecule has 21 heavy (non-hydrogen) atoms. The first kappa shape index (κ1) is 15.5. The molecular weight excluding hydrogens is 260 g/mol. The minimum atomic E-state index is 0.0907. The fraction of sp³-hybridized carbons (Fsp3) is 0.389. The molecule has 0 amide bonds. The Bertz CT molecular complexity index is 628. The molecule has 0 spiro atoms. The number of hydrogen-bond donors (Lipinski definition) is 1. The quantitative estimate of drug-likeness (QED) is 0.884. The van der Waals surface area contributed by atoms with Crippen LogP contribution in [0.2, 0.25) is 0 Å². The molecule has 0 saturated carbocycles. The van der Waals surface area contributed by atoms with E-state index in [1.807, 2.05) is 25.3 Å². The van der Waals surface area contributed by atoms with Gasteiger partial charge in [0.1, 0.15) is 0 Å². The highest BCUT2D eigenvalue weighted by molar-refractivity contribution is 5.24. The van der Waals surface area contributed by atoms with Crippen molar-refractivity contribution in [1.82, 2.24) is 9.88 Å². The molecule has 1 aromatic heterocycles. The molecule has 0 bridgehead atoms. The normalized spacial score (nSPS) is 12.3. The second kappa shape index (κ2) is 7.23. The van der Waals surface area contributed by atoms with E-state index in [2.05, 4.69) is 43.4 Å². The molecule has 0 saturated heterocycles. The van der Waals surface area contributed by atoms with Gasteiger partial charge in [0.05, 0.1) is 6.04 Å². The van der Waals surface area contributed by atoms with Crippen LogP contribution in [0.3, 0.4) is 0 Å². The average Bonchev–Trinajstić information content (AvgIpc) is 2.49. The number of hydrogen-bond acceptors (Lipinski definition) is 2. The van der Waals surface area contributed by atoms with Crippen LogP contribution in [0.15, 0.2) is 47.4 Å². The van der Waals surface area contributed by atoms with Crippen molar-refractivity contribution in [3.63, 3.8) is 0 Å². The molecule has 112 valence electrons. The van der Waals surface area contributed by atoms with E-state index in [-0.39, 0.29) is 11.6 Å². The fourth-order valence-electron chi connectivity index (χ4n) is 2.40. The number of benzene rings is 1. The van der Waals surface area contributed by atoms with E-state index in [1.54, 1.807) is 4.57 Å². The SMILES string of the molecule is CCCNC(Cn1cccc(C)c1=O)c1ccc(C)cc1. The molecule has 0 fully saturated rings. The summed E-state index contributed by atoms with van der Waals surface area (Å²) in [6.45, 7) is 7.70. The predicted octanol–water partition coefficient (Wildman–Crippen LogP) is 3.21. The van der Waals surface area contributed by atoms with Crippen LogP contribution >= 0.6 is 0 Å². The number of rotatable bonds is 6. The Labute approximate surface area is 126 Å². The second-order valence-corrected chi connectivity index (χ2v) is 5.57. The van der Waals surface area contributed by atoms with Crippen LogP contribution in [-0.4, -0.2) is 11.1 Å². The number of nitrogens with zero attached hydrogens (tertiary/aromatic N) is 1. The minimum Gasteiger partial charge on any atom is -0.313 e. The summed E-state index contributed by atoms with van der Waals surface area (Å²) in [5.74, 6) is 0. The average molecular weight is 284 g/mol. The van der Waals surface area contributed by atoms with E-state index in [0.29, 0.717) is 6.54 Å². The van der Waals surface area contributed by atoms with Crippen LogP contribution in [0.5, 0.6) is 0 Å². The highest BCUT2D eigenvalue weighted by Gasteiger charge is 2.12. The zero-order valence-electron chi connectivity index (χ0n) is 13.1. The van der Waals surface area contributed by atoms with Crippen molar-refractivity contribution < 1.29 is 0 Å². The first-order chi connectivity index (χ1) is 10.1. The molecule has 0 aliphatic carbocycles. The third kappa shape index (κ3) is 4.05.